The number of hydrogen-bond donors (Lipinski definition) is 0. The molecule has 2 atom stereocenters. The quantitative estimate of drug-likeness (QED) is 0.452. The SMILES string of the molecule is COCO[C@@H](C(C)C)[C@H](C)C=O. The maximum atomic E-state index is 10.5. The fraction of sp³-hybridized carbons (Fsp3) is 0.889. The van der Waals surface area contributed by atoms with E-state index in [1.165, 1.54) is 0 Å². The van der Waals surface area contributed by atoms with E-state index in [2.05, 4.69) is 0 Å². The van der Waals surface area contributed by atoms with Crippen molar-refractivity contribution in [2.45, 2.75) is 26.9 Å². The molecule has 0 saturated heterocycles. The Hall–Kier alpha value is -0.410. The van der Waals surface area contributed by atoms with Crippen molar-refractivity contribution in [3.8, 4) is 0 Å². The van der Waals surface area contributed by atoms with Crippen molar-refractivity contribution in [2.24, 2.45) is 11.8 Å². The summed E-state index contributed by atoms with van der Waals surface area (Å²) < 4.78 is 10.1. The summed E-state index contributed by atoms with van der Waals surface area (Å²) >= 11 is 0. The Bertz CT molecular complexity index is 123. The summed E-state index contributed by atoms with van der Waals surface area (Å²) in [5.74, 6) is 0.264. The second-order valence-electron chi connectivity index (χ2n) is 3.28. The molecule has 0 unspecified atom stereocenters. The van der Waals surface area contributed by atoms with Crippen LogP contribution in [-0.4, -0.2) is 26.3 Å². The van der Waals surface area contributed by atoms with Crippen LogP contribution in [0, 0.1) is 11.8 Å². The Balaban J connectivity index is 3.94. The van der Waals surface area contributed by atoms with E-state index in [1.54, 1.807) is 7.11 Å². The highest BCUT2D eigenvalue weighted by atomic mass is 16.7. The molecule has 0 saturated carbocycles. The van der Waals surface area contributed by atoms with Gasteiger partial charge >= 0.3 is 0 Å². The molecule has 0 aromatic rings. The molecule has 0 aliphatic carbocycles. The largest absolute Gasteiger partial charge is 0.359 e. The molecule has 0 fully saturated rings. The zero-order valence-electron chi connectivity index (χ0n) is 8.24. The van der Waals surface area contributed by atoms with E-state index in [1.807, 2.05) is 20.8 Å². The lowest BCUT2D eigenvalue weighted by molar-refractivity contribution is -0.128. The number of carbonyl (C=O) groups excluding carboxylic acids is 1. The Kier molecular flexibility index (Phi) is 5.93. The molecule has 3 nitrogen and oxygen atoms in total. The molecule has 0 aliphatic rings. The Morgan fingerprint density at radius 3 is 2.25 bits per heavy atom. The predicted molar refractivity (Wildman–Crippen MR) is 46.8 cm³/mol. The van der Waals surface area contributed by atoms with Gasteiger partial charge in [-0.1, -0.05) is 20.8 Å². The van der Waals surface area contributed by atoms with E-state index in [0.29, 0.717) is 5.92 Å². The summed E-state index contributed by atoms with van der Waals surface area (Å²) in [5.41, 5.74) is 0. The minimum Gasteiger partial charge on any atom is -0.359 e. The summed E-state index contributed by atoms with van der Waals surface area (Å²) in [6, 6.07) is 0. The van der Waals surface area contributed by atoms with Gasteiger partial charge < -0.3 is 14.3 Å². The molecule has 0 rings (SSSR count). The molecule has 0 bridgehead atoms. The molecule has 0 aliphatic heterocycles. The number of aldehydes is 1. The first-order valence-electron chi connectivity index (χ1n) is 4.19. The lowest BCUT2D eigenvalue weighted by Crippen LogP contribution is -2.29. The van der Waals surface area contributed by atoms with Crippen LogP contribution in [0.2, 0.25) is 0 Å². The highest BCUT2D eigenvalue weighted by Gasteiger charge is 2.20. The zero-order chi connectivity index (χ0) is 9.56. The molecule has 0 heterocycles. The minimum absolute atomic E-state index is 0.0394. The summed E-state index contributed by atoms with van der Waals surface area (Å²) in [4.78, 5) is 10.5. The highest BCUT2D eigenvalue weighted by Crippen LogP contribution is 2.14. The maximum absolute atomic E-state index is 10.5. The molecular formula is C9H18O3. The van der Waals surface area contributed by atoms with Gasteiger partial charge in [0, 0.05) is 13.0 Å². The van der Waals surface area contributed by atoms with Gasteiger partial charge in [-0.05, 0) is 5.92 Å². The van der Waals surface area contributed by atoms with Crippen molar-refractivity contribution in [1.82, 2.24) is 0 Å². The van der Waals surface area contributed by atoms with Crippen LogP contribution in [-0.2, 0) is 14.3 Å². The van der Waals surface area contributed by atoms with E-state index >= 15 is 0 Å². The van der Waals surface area contributed by atoms with Crippen LogP contribution in [0.4, 0.5) is 0 Å². The van der Waals surface area contributed by atoms with Gasteiger partial charge in [0.1, 0.15) is 13.1 Å². The predicted octanol–water partition coefficient (Wildman–Crippen LogP) is 1.47. The topological polar surface area (TPSA) is 35.5 Å². The van der Waals surface area contributed by atoms with Gasteiger partial charge in [-0.2, -0.15) is 0 Å². The molecule has 0 aromatic heterocycles. The number of rotatable bonds is 6. The van der Waals surface area contributed by atoms with Crippen molar-refractivity contribution in [2.75, 3.05) is 13.9 Å². The first-order chi connectivity index (χ1) is 5.63. The van der Waals surface area contributed by atoms with Crippen molar-refractivity contribution < 1.29 is 14.3 Å². The standard InChI is InChI=1S/C9H18O3/c1-7(2)9(8(3)5-10)12-6-11-4/h5,7-9H,6H2,1-4H3/t8-,9+/m1/s1. The van der Waals surface area contributed by atoms with Gasteiger partial charge in [0.15, 0.2) is 0 Å². The van der Waals surface area contributed by atoms with E-state index in [9.17, 15) is 4.79 Å². The van der Waals surface area contributed by atoms with Gasteiger partial charge in [0.25, 0.3) is 0 Å². The number of ether oxygens (including phenoxy) is 2. The molecule has 0 radical (unpaired) electrons. The van der Waals surface area contributed by atoms with Crippen LogP contribution < -0.4 is 0 Å². The van der Waals surface area contributed by atoms with Crippen molar-refractivity contribution >= 4 is 6.29 Å². The Morgan fingerprint density at radius 1 is 1.33 bits per heavy atom. The van der Waals surface area contributed by atoms with Crippen LogP contribution in [0.3, 0.4) is 0 Å². The van der Waals surface area contributed by atoms with Crippen LogP contribution >= 0.6 is 0 Å². The van der Waals surface area contributed by atoms with Crippen molar-refractivity contribution in [3.63, 3.8) is 0 Å². The van der Waals surface area contributed by atoms with E-state index in [0.717, 1.165) is 6.29 Å². The molecule has 0 N–H and O–H groups in total. The van der Waals surface area contributed by atoms with E-state index in [-0.39, 0.29) is 18.8 Å². The van der Waals surface area contributed by atoms with Gasteiger partial charge in [-0.25, -0.2) is 0 Å². The van der Waals surface area contributed by atoms with Gasteiger partial charge in [-0.15, -0.1) is 0 Å². The third kappa shape index (κ3) is 3.83. The lowest BCUT2D eigenvalue weighted by Gasteiger charge is -2.23. The van der Waals surface area contributed by atoms with Crippen LogP contribution in [0.1, 0.15) is 20.8 Å². The molecule has 72 valence electrons. The van der Waals surface area contributed by atoms with Crippen molar-refractivity contribution in [1.29, 1.82) is 0 Å². The van der Waals surface area contributed by atoms with Gasteiger partial charge in [-0.3, -0.25) is 0 Å². The molecule has 3 heteroatoms. The fourth-order valence-corrected chi connectivity index (χ4v) is 1.18. The lowest BCUT2D eigenvalue weighted by atomic mass is 9.96. The van der Waals surface area contributed by atoms with Crippen LogP contribution in [0.25, 0.3) is 0 Å². The average Bonchev–Trinajstić information content (AvgIpc) is 2.04. The third-order valence-corrected chi connectivity index (χ3v) is 1.77. The second-order valence-corrected chi connectivity index (χ2v) is 3.28. The smallest absolute Gasteiger partial charge is 0.146 e. The number of hydrogen-bond acceptors (Lipinski definition) is 3. The number of carbonyl (C=O) groups is 1. The summed E-state index contributed by atoms with van der Waals surface area (Å²) in [6.07, 6.45) is 0.878. The summed E-state index contributed by atoms with van der Waals surface area (Å²) in [6.45, 7) is 6.16. The third-order valence-electron chi connectivity index (χ3n) is 1.77. The molecular weight excluding hydrogens is 156 g/mol. The average molecular weight is 174 g/mol. The van der Waals surface area contributed by atoms with Crippen molar-refractivity contribution in [3.05, 3.63) is 0 Å². The Labute approximate surface area is 74.0 Å². The summed E-state index contributed by atoms with van der Waals surface area (Å²) in [7, 11) is 1.57. The van der Waals surface area contributed by atoms with Crippen LogP contribution in [0.5, 0.6) is 0 Å². The maximum Gasteiger partial charge on any atom is 0.146 e. The fourth-order valence-electron chi connectivity index (χ4n) is 1.18. The molecule has 0 aromatic carbocycles. The Morgan fingerprint density at radius 2 is 1.92 bits per heavy atom. The van der Waals surface area contributed by atoms with Crippen LogP contribution in [0.15, 0.2) is 0 Å². The van der Waals surface area contributed by atoms with E-state index < -0.39 is 0 Å². The summed E-state index contributed by atoms with van der Waals surface area (Å²) in [5, 5.41) is 0. The van der Waals surface area contributed by atoms with E-state index in [4.69, 9.17) is 9.47 Å². The first-order valence-corrected chi connectivity index (χ1v) is 4.19. The van der Waals surface area contributed by atoms with Gasteiger partial charge in [0.2, 0.25) is 0 Å². The minimum atomic E-state index is -0.0693. The van der Waals surface area contributed by atoms with Gasteiger partial charge in [0.05, 0.1) is 6.10 Å². The first kappa shape index (κ1) is 11.6. The number of methoxy groups -OCH3 is 1. The molecule has 0 spiro atoms. The zero-order valence-corrected chi connectivity index (χ0v) is 8.24. The normalized spacial score (nSPS) is 16.1. The highest BCUT2D eigenvalue weighted by molar-refractivity contribution is 5.53. The second kappa shape index (κ2) is 6.14. The monoisotopic (exact) mass is 174 g/mol. The molecule has 0 amide bonds. The molecule has 12 heavy (non-hydrogen) atoms.